The number of oxazole rings is 1. The van der Waals surface area contributed by atoms with Crippen LogP contribution in [0.1, 0.15) is 15.5 Å². The van der Waals surface area contributed by atoms with Crippen LogP contribution in [-0.4, -0.2) is 26.0 Å². The molecule has 18 heavy (non-hydrogen) atoms. The minimum atomic E-state index is -1.09. The van der Waals surface area contributed by atoms with Gasteiger partial charge in [-0.3, -0.25) is 0 Å². The predicted octanol–water partition coefficient (Wildman–Crippen LogP) is 2.35. The van der Waals surface area contributed by atoms with Gasteiger partial charge in [0.05, 0.1) is 11.2 Å². The summed E-state index contributed by atoms with van der Waals surface area (Å²) in [5.74, 6) is -0.680. The summed E-state index contributed by atoms with van der Waals surface area (Å²) in [5.41, 5.74) is 0.694. The lowest BCUT2D eigenvalue weighted by Gasteiger charge is -1.90. The molecule has 0 bridgehead atoms. The number of aromatic carboxylic acids is 1. The molecule has 0 radical (unpaired) electrons. The van der Waals surface area contributed by atoms with E-state index in [9.17, 15) is 4.79 Å². The molecule has 0 amide bonds. The van der Waals surface area contributed by atoms with Crippen molar-refractivity contribution in [2.45, 2.75) is 6.92 Å². The molecule has 3 heterocycles. The molecule has 3 aromatic heterocycles. The monoisotopic (exact) mass is 261 g/mol. The number of thiazole rings is 1. The van der Waals surface area contributed by atoms with Gasteiger partial charge in [0.15, 0.2) is 16.9 Å². The van der Waals surface area contributed by atoms with Gasteiger partial charge >= 0.3 is 5.97 Å². The molecule has 90 valence electrons. The van der Waals surface area contributed by atoms with Crippen LogP contribution in [-0.2, 0) is 0 Å². The van der Waals surface area contributed by atoms with Crippen molar-refractivity contribution < 1.29 is 14.3 Å². The van der Waals surface area contributed by atoms with E-state index in [0.717, 1.165) is 9.88 Å². The van der Waals surface area contributed by atoms with E-state index in [0.29, 0.717) is 11.5 Å². The normalized spacial score (nSPS) is 10.9. The smallest absolute Gasteiger partial charge is 0.354 e. The predicted molar refractivity (Wildman–Crippen MR) is 64.6 cm³/mol. The molecule has 0 saturated carbocycles. The van der Waals surface area contributed by atoms with Crippen molar-refractivity contribution in [1.29, 1.82) is 0 Å². The molecule has 0 atom stereocenters. The first-order valence-electron chi connectivity index (χ1n) is 5.07. The van der Waals surface area contributed by atoms with Gasteiger partial charge in [0.1, 0.15) is 4.88 Å². The maximum Gasteiger partial charge on any atom is 0.354 e. The summed E-state index contributed by atoms with van der Waals surface area (Å²) in [6, 6.07) is 2.94. The number of carboxylic acids is 1. The highest BCUT2D eigenvalue weighted by atomic mass is 32.1. The number of aromatic nitrogens is 3. The van der Waals surface area contributed by atoms with Gasteiger partial charge in [0.2, 0.25) is 5.89 Å². The van der Waals surface area contributed by atoms with Gasteiger partial charge in [-0.2, -0.15) is 4.98 Å². The number of fused-ring (bicyclic) bond motifs is 1. The van der Waals surface area contributed by atoms with E-state index in [2.05, 4.69) is 15.0 Å². The fourth-order valence-corrected chi connectivity index (χ4v) is 2.21. The fourth-order valence-electron chi connectivity index (χ4n) is 1.50. The molecule has 1 N–H and O–H groups in total. The van der Waals surface area contributed by atoms with Crippen molar-refractivity contribution in [3.63, 3.8) is 0 Å². The van der Waals surface area contributed by atoms with Crippen LogP contribution < -0.4 is 0 Å². The van der Waals surface area contributed by atoms with E-state index < -0.39 is 5.97 Å². The lowest BCUT2D eigenvalue weighted by atomic mass is 10.3. The van der Waals surface area contributed by atoms with Crippen LogP contribution >= 0.6 is 11.3 Å². The molecule has 0 aliphatic carbocycles. The van der Waals surface area contributed by atoms with Gasteiger partial charge < -0.3 is 9.52 Å². The Kier molecular flexibility index (Phi) is 2.34. The molecular formula is C11H7N3O3S. The Morgan fingerprint density at radius 2 is 2.22 bits per heavy atom. The van der Waals surface area contributed by atoms with E-state index in [4.69, 9.17) is 9.52 Å². The molecule has 0 saturated heterocycles. The summed E-state index contributed by atoms with van der Waals surface area (Å²) < 4.78 is 5.51. The minimum absolute atomic E-state index is 0.0529. The first-order chi connectivity index (χ1) is 8.63. The average molecular weight is 261 g/mol. The van der Waals surface area contributed by atoms with Gasteiger partial charge in [-0.25, -0.2) is 14.8 Å². The lowest BCUT2D eigenvalue weighted by Crippen LogP contribution is -1.99. The van der Waals surface area contributed by atoms with Crippen LogP contribution in [0.5, 0.6) is 0 Å². The Hall–Kier alpha value is -2.28. The van der Waals surface area contributed by atoms with Gasteiger partial charge in [0.25, 0.3) is 0 Å². The number of carbonyl (C=O) groups is 1. The maximum absolute atomic E-state index is 10.8. The third-order valence-corrected chi connectivity index (χ3v) is 3.21. The van der Waals surface area contributed by atoms with Gasteiger partial charge in [-0.05, 0) is 19.1 Å². The molecule has 0 aliphatic heterocycles. The highest BCUT2D eigenvalue weighted by Gasteiger charge is 2.13. The average Bonchev–Trinajstić information content (AvgIpc) is 2.93. The summed E-state index contributed by atoms with van der Waals surface area (Å²) in [6.45, 7) is 1.89. The van der Waals surface area contributed by atoms with Gasteiger partial charge in [-0.1, -0.05) is 0 Å². The number of hydrogen-bond donors (Lipinski definition) is 1. The van der Waals surface area contributed by atoms with E-state index in [1.54, 1.807) is 12.3 Å². The number of pyridine rings is 1. The van der Waals surface area contributed by atoms with Crippen LogP contribution in [0.4, 0.5) is 0 Å². The second-order valence-corrected chi connectivity index (χ2v) is 4.82. The summed E-state index contributed by atoms with van der Waals surface area (Å²) >= 11 is 1.46. The van der Waals surface area contributed by atoms with E-state index in [1.807, 2.05) is 6.92 Å². The molecule has 7 heteroatoms. The second-order valence-electron chi connectivity index (χ2n) is 3.59. The van der Waals surface area contributed by atoms with Crippen LogP contribution in [0.15, 0.2) is 22.7 Å². The molecule has 6 nitrogen and oxygen atoms in total. The molecule has 0 unspecified atom stereocenters. The Morgan fingerprint density at radius 1 is 1.39 bits per heavy atom. The number of hydrogen-bond acceptors (Lipinski definition) is 6. The highest BCUT2D eigenvalue weighted by Crippen LogP contribution is 2.27. The zero-order chi connectivity index (χ0) is 12.7. The summed E-state index contributed by atoms with van der Waals surface area (Å²) in [5, 5.41) is 9.75. The fraction of sp³-hybridized carbons (Fsp3) is 0.0909. The lowest BCUT2D eigenvalue weighted by molar-refractivity contribution is 0.0691. The molecule has 0 aromatic carbocycles. The standard InChI is InChI=1S/C11H7N3O3S/c1-5-12-4-8(18-5)10-14-9-7(17-10)3-2-6(13-9)11(15)16/h2-4H,1H3,(H,15,16). The van der Waals surface area contributed by atoms with Gasteiger partial charge in [0, 0.05) is 0 Å². The molecular weight excluding hydrogens is 254 g/mol. The van der Waals surface area contributed by atoms with Crippen LogP contribution in [0, 0.1) is 6.92 Å². The largest absolute Gasteiger partial charge is 0.477 e. The molecule has 0 spiro atoms. The molecule has 0 aliphatic rings. The van der Waals surface area contributed by atoms with Crippen molar-refractivity contribution in [1.82, 2.24) is 15.0 Å². The Morgan fingerprint density at radius 3 is 2.89 bits per heavy atom. The van der Waals surface area contributed by atoms with Gasteiger partial charge in [-0.15, -0.1) is 11.3 Å². The van der Waals surface area contributed by atoms with Crippen molar-refractivity contribution in [2.75, 3.05) is 0 Å². The quantitative estimate of drug-likeness (QED) is 0.761. The Balaban J connectivity index is 2.13. The number of nitrogens with zero attached hydrogens (tertiary/aromatic N) is 3. The molecule has 3 aromatic rings. The first-order valence-corrected chi connectivity index (χ1v) is 5.89. The Labute approximate surface area is 105 Å². The zero-order valence-electron chi connectivity index (χ0n) is 9.25. The van der Waals surface area contributed by atoms with Crippen LogP contribution in [0.2, 0.25) is 0 Å². The zero-order valence-corrected chi connectivity index (χ0v) is 10.1. The van der Waals surface area contributed by atoms with Crippen molar-refractivity contribution in [3.05, 3.63) is 29.0 Å². The van der Waals surface area contributed by atoms with E-state index in [-0.39, 0.29) is 11.3 Å². The number of aryl methyl sites for hydroxylation is 1. The second kappa shape index (κ2) is 3.88. The number of rotatable bonds is 2. The highest BCUT2D eigenvalue weighted by molar-refractivity contribution is 7.14. The minimum Gasteiger partial charge on any atom is -0.477 e. The molecule has 0 fully saturated rings. The maximum atomic E-state index is 10.8. The van der Waals surface area contributed by atoms with E-state index >= 15 is 0 Å². The first kappa shape index (κ1) is 10.8. The summed E-state index contributed by atoms with van der Waals surface area (Å²) in [6.07, 6.45) is 1.67. The number of carboxylic acid groups (broad SMARTS) is 1. The third-order valence-electron chi connectivity index (χ3n) is 2.30. The van der Waals surface area contributed by atoms with E-state index in [1.165, 1.54) is 17.4 Å². The topological polar surface area (TPSA) is 89.1 Å². The van der Waals surface area contributed by atoms with Crippen LogP contribution in [0.25, 0.3) is 22.0 Å². The SMILES string of the molecule is Cc1ncc(-c2nc3nc(C(=O)O)ccc3o2)s1. The molecule has 3 rings (SSSR count). The van der Waals surface area contributed by atoms with Crippen molar-refractivity contribution >= 4 is 28.5 Å². The third kappa shape index (κ3) is 1.74. The van der Waals surface area contributed by atoms with Crippen molar-refractivity contribution in [3.8, 4) is 10.8 Å². The summed E-state index contributed by atoms with van der Waals surface area (Å²) in [4.78, 5) is 23.8. The van der Waals surface area contributed by atoms with Crippen molar-refractivity contribution in [2.24, 2.45) is 0 Å². The Bertz CT molecular complexity index is 747. The summed E-state index contributed by atoms with van der Waals surface area (Å²) in [7, 11) is 0. The van der Waals surface area contributed by atoms with Crippen LogP contribution in [0.3, 0.4) is 0 Å².